The van der Waals surface area contributed by atoms with Gasteiger partial charge in [0.05, 0.1) is 18.0 Å². The van der Waals surface area contributed by atoms with E-state index in [1.54, 1.807) is 12.1 Å². The van der Waals surface area contributed by atoms with Crippen LogP contribution < -0.4 is 10.6 Å². The van der Waals surface area contributed by atoms with E-state index >= 15 is 0 Å². The molecule has 2 aromatic heterocycles. The molecule has 0 fully saturated rings. The molecule has 0 spiro atoms. The van der Waals surface area contributed by atoms with Crippen LogP contribution in [0.3, 0.4) is 0 Å². The molecule has 0 aliphatic heterocycles. The normalized spacial score (nSPS) is 11.5. The Balaban J connectivity index is 1.67. The number of guanidine groups is 1. The van der Waals surface area contributed by atoms with Crippen molar-refractivity contribution in [2.45, 2.75) is 26.4 Å². The molecular formula is C18H21N7O2. The van der Waals surface area contributed by atoms with Gasteiger partial charge in [0.2, 0.25) is 0 Å². The molecule has 2 heterocycles. The van der Waals surface area contributed by atoms with Crippen molar-refractivity contribution in [3.8, 4) is 0 Å². The van der Waals surface area contributed by atoms with E-state index in [1.807, 2.05) is 28.8 Å². The summed E-state index contributed by atoms with van der Waals surface area (Å²) in [6, 6.07) is 12.1. The molecule has 0 atom stereocenters. The first-order valence-corrected chi connectivity index (χ1v) is 8.71. The lowest BCUT2D eigenvalue weighted by Crippen LogP contribution is -2.37. The zero-order valence-corrected chi connectivity index (χ0v) is 15.0. The van der Waals surface area contributed by atoms with Gasteiger partial charge in [-0.15, -0.1) is 10.2 Å². The first-order chi connectivity index (χ1) is 13.2. The maximum Gasteiger partial charge on any atom is 0.269 e. The molecule has 0 unspecified atom stereocenters. The number of nitro benzene ring substituents is 1. The molecule has 3 rings (SSSR count). The van der Waals surface area contributed by atoms with Gasteiger partial charge in [0, 0.05) is 24.9 Å². The Morgan fingerprint density at radius 2 is 2.00 bits per heavy atom. The second-order valence-corrected chi connectivity index (χ2v) is 5.91. The molecular weight excluding hydrogens is 346 g/mol. The number of nitro groups is 1. The van der Waals surface area contributed by atoms with Crippen LogP contribution in [0.5, 0.6) is 0 Å². The van der Waals surface area contributed by atoms with Crippen LogP contribution in [0.2, 0.25) is 0 Å². The van der Waals surface area contributed by atoms with Gasteiger partial charge in [-0.1, -0.05) is 25.1 Å². The van der Waals surface area contributed by atoms with Gasteiger partial charge >= 0.3 is 0 Å². The number of pyridine rings is 1. The Hall–Kier alpha value is -3.49. The zero-order valence-electron chi connectivity index (χ0n) is 15.0. The maximum atomic E-state index is 10.7. The van der Waals surface area contributed by atoms with Gasteiger partial charge in [-0.2, -0.15) is 0 Å². The Kier molecular flexibility index (Phi) is 5.93. The van der Waals surface area contributed by atoms with Crippen molar-refractivity contribution in [2.24, 2.45) is 4.99 Å². The quantitative estimate of drug-likeness (QED) is 0.287. The molecule has 27 heavy (non-hydrogen) atoms. The summed E-state index contributed by atoms with van der Waals surface area (Å²) >= 11 is 0. The summed E-state index contributed by atoms with van der Waals surface area (Å²) in [5.74, 6) is 1.44. The number of rotatable bonds is 7. The predicted octanol–water partition coefficient (Wildman–Crippen LogP) is 2.28. The molecule has 3 aromatic rings. The van der Waals surface area contributed by atoms with Crippen LogP contribution in [0.1, 0.15) is 24.7 Å². The maximum absolute atomic E-state index is 10.7. The van der Waals surface area contributed by atoms with Gasteiger partial charge in [-0.3, -0.25) is 14.5 Å². The number of aromatic nitrogens is 3. The fourth-order valence-corrected chi connectivity index (χ4v) is 2.49. The summed E-state index contributed by atoms with van der Waals surface area (Å²) in [7, 11) is 0. The second kappa shape index (κ2) is 8.75. The molecule has 1 aromatic carbocycles. The number of benzene rings is 1. The molecule has 2 N–H and O–H groups in total. The van der Waals surface area contributed by atoms with Crippen molar-refractivity contribution >= 4 is 17.3 Å². The topological polar surface area (TPSA) is 110 Å². The number of non-ortho nitro benzene ring substituents is 1. The van der Waals surface area contributed by atoms with Crippen LogP contribution in [0, 0.1) is 10.1 Å². The zero-order chi connectivity index (χ0) is 19.1. The highest BCUT2D eigenvalue weighted by Crippen LogP contribution is 2.12. The smallest absolute Gasteiger partial charge is 0.269 e. The summed E-state index contributed by atoms with van der Waals surface area (Å²) < 4.78 is 1.92. The highest BCUT2D eigenvalue weighted by atomic mass is 16.6. The molecule has 0 radical (unpaired) electrons. The van der Waals surface area contributed by atoms with E-state index in [-0.39, 0.29) is 5.69 Å². The van der Waals surface area contributed by atoms with Crippen LogP contribution in [0.15, 0.2) is 53.7 Å². The van der Waals surface area contributed by atoms with Gasteiger partial charge in [0.25, 0.3) is 5.69 Å². The minimum Gasteiger partial charge on any atom is -0.356 e. The fraction of sp³-hybridized carbons (Fsp3) is 0.278. The largest absolute Gasteiger partial charge is 0.356 e. The standard InChI is InChI=1S/C18H21N7O2/c1-2-10-19-18(20-12-14-6-8-15(9-7-14)25(26)27)21-13-17-23-22-16-5-3-4-11-24(16)17/h3-9,11H,2,10,12-13H2,1H3,(H2,19,20,21). The Morgan fingerprint density at radius 1 is 1.19 bits per heavy atom. The van der Waals surface area contributed by atoms with Crippen molar-refractivity contribution < 1.29 is 4.92 Å². The summed E-state index contributed by atoms with van der Waals surface area (Å²) in [5, 5.41) is 25.6. The van der Waals surface area contributed by atoms with Crippen molar-refractivity contribution in [2.75, 3.05) is 6.54 Å². The van der Waals surface area contributed by atoms with Gasteiger partial charge in [-0.25, -0.2) is 4.99 Å². The lowest BCUT2D eigenvalue weighted by atomic mass is 10.2. The SMILES string of the molecule is CCCNC(=NCc1ccc([N+](=O)[O-])cc1)NCc1nnc2ccccn12. The van der Waals surface area contributed by atoms with Gasteiger partial charge in [0.1, 0.15) is 0 Å². The Labute approximate surface area is 156 Å². The number of aliphatic imine (C=N–C) groups is 1. The third kappa shape index (κ3) is 4.78. The third-order valence-corrected chi connectivity index (χ3v) is 3.91. The van der Waals surface area contributed by atoms with Crippen LogP contribution in [0.4, 0.5) is 5.69 Å². The molecule has 0 amide bonds. The van der Waals surface area contributed by atoms with Gasteiger partial charge in [-0.05, 0) is 24.1 Å². The van der Waals surface area contributed by atoms with Gasteiger partial charge in [0.15, 0.2) is 17.4 Å². The lowest BCUT2D eigenvalue weighted by Gasteiger charge is -2.11. The molecule has 140 valence electrons. The highest BCUT2D eigenvalue weighted by Gasteiger charge is 2.07. The molecule has 0 saturated carbocycles. The second-order valence-electron chi connectivity index (χ2n) is 5.91. The molecule has 0 saturated heterocycles. The average molecular weight is 367 g/mol. The number of nitrogens with zero attached hydrogens (tertiary/aromatic N) is 5. The van der Waals surface area contributed by atoms with E-state index in [0.29, 0.717) is 19.0 Å². The first kappa shape index (κ1) is 18.3. The third-order valence-electron chi connectivity index (χ3n) is 3.91. The Bertz CT molecular complexity index is 934. The molecule has 9 nitrogen and oxygen atoms in total. The number of hydrogen-bond acceptors (Lipinski definition) is 5. The minimum absolute atomic E-state index is 0.0730. The van der Waals surface area contributed by atoms with Crippen molar-refractivity contribution in [3.63, 3.8) is 0 Å². The van der Waals surface area contributed by atoms with E-state index in [1.165, 1.54) is 12.1 Å². The summed E-state index contributed by atoms with van der Waals surface area (Å²) in [6.07, 6.45) is 2.88. The van der Waals surface area contributed by atoms with E-state index < -0.39 is 4.92 Å². The monoisotopic (exact) mass is 367 g/mol. The lowest BCUT2D eigenvalue weighted by molar-refractivity contribution is -0.384. The molecule has 0 aliphatic carbocycles. The van der Waals surface area contributed by atoms with Crippen molar-refractivity contribution in [3.05, 3.63) is 70.2 Å². The molecule has 0 aliphatic rings. The van der Waals surface area contributed by atoms with Crippen molar-refractivity contribution in [1.82, 2.24) is 25.2 Å². The van der Waals surface area contributed by atoms with E-state index in [2.05, 4.69) is 32.7 Å². The van der Waals surface area contributed by atoms with E-state index in [4.69, 9.17) is 0 Å². The van der Waals surface area contributed by atoms with Crippen LogP contribution in [0.25, 0.3) is 5.65 Å². The molecule has 0 bridgehead atoms. The number of hydrogen-bond donors (Lipinski definition) is 2. The Morgan fingerprint density at radius 3 is 2.74 bits per heavy atom. The minimum atomic E-state index is -0.411. The summed E-state index contributed by atoms with van der Waals surface area (Å²) in [5.41, 5.74) is 1.76. The summed E-state index contributed by atoms with van der Waals surface area (Å²) in [4.78, 5) is 14.9. The van der Waals surface area contributed by atoms with E-state index in [0.717, 1.165) is 30.0 Å². The first-order valence-electron chi connectivity index (χ1n) is 8.71. The fourth-order valence-electron chi connectivity index (χ4n) is 2.49. The predicted molar refractivity (Wildman–Crippen MR) is 102 cm³/mol. The van der Waals surface area contributed by atoms with Crippen LogP contribution in [-0.2, 0) is 13.1 Å². The number of fused-ring (bicyclic) bond motifs is 1. The average Bonchev–Trinajstić information content (AvgIpc) is 3.11. The summed E-state index contributed by atoms with van der Waals surface area (Å²) in [6.45, 7) is 3.75. The van der Waals surface area contributed by atoms with Crippen molar-refractivity contribution in [1.29, 1.82) is 0 Å². The molecule has 9 heteroatoms. The highest BCUT2D eigenvalue weighted by molar-refractivity contribution is 5.79. The number of nitrogens with one attached hydrogen (secondary N) is 2. The van der Waals surface area contributed by atoms with Crippen LogP contribution >= 0.6 is 0 Å². The van der Waals surface area contributed by atoms with E-state index in [9.17, 15) is 10.1 Å². The van der Waals surface area contributed by atoms with Crippen LogP contribution in [-0.4, -0.2) is 32.0 Å². The van der Waals surface area contributed by atoms with Gasteiger partial charge < -0.3 is 10.6 Å².